The van der Waals surface area contributed by atoms with Crippen LogP contribution in [-0.2, 0) is 27.4 Å². The number of nitrogens with one attached hydrogen (secondary N) is 1. The van der Waals surface area contributed by atoms with E-state index in [0.29, 0.717) is 26.3 Å². The summed E-state index contributed by atoms with van der Waals surface area (Å²) in [6.45, 7) is 9.21. The van der Waals surface area contributed by atoms with Crippen LogP contribution in [0.25, 0.3) is 0 Å². The van der Waals surface area contributed by atoms with E-state index in [1.807, 2.05) is 20.8 Å². The zero-order chi connectivity index (χ0) is 19.6. The first kappa shape index (κ1) is 24.7. The third kappa shape index (κ3) is 7.95. The topological polar surface area (TPSA) is 63.2 Å². The third-order valence-corrected chi connectivity index (χ3v) is 4.58. The number of hydrogen-bond donors (Lipinski definition) is 1. The van der Waals surface area contributed by atoms with Crippen molar-refractivity contribution in [3.63, 3.8) is 0 Å². The molecule has 0 bridgehead atoms. The van der Waals surface area contributed by atoms with Crippen molar-refractivity contribution in [3.05, 3.63) is 35.4 Å². The van der Waals surface area contributed by atoms with Crippen LogP contribution in [0.15, 0.2) is 29.3 Å². The maximum atomic E-state index is 12.1. The highest BCUT2D eigenvalue weighted by molar-refractivity contribution is 14.0. The molecule has 1 aliphatic rings. The van der Waals surface area contributed by atoms with Crippen LogP contribution in [0, 0.1) is 5.92 Å². The molecule has 0 radical (unpaired) electrons. The highest BCUT2D eigenvalue weighted by Crippen LogP contribution is 2.18. The second-order valence-electron chi connectivity index (χ2n) is 7.12. The number of nitrogens with zero attached hydrogens (tertiary/aromatic N) is 2. The fraction of sp³-hybridized carbons (Fsp3) is 0.619. The number of hydrogen-bond acceptors (Lipinski definition) is 4. The highest BCUT2D eigenvalue weighted by Gasteiger charge is 2.28. The maximum Gasteiger partial charge on any atom is 0.310 e. The molecule has 1 aromatic rings. The number of carbonyl (C=O) groups is 1. The minimum atomic E-state index is -0.101. The third-order valence-electron chi connectivity index (χ3n) is 4.58. The maximum absolute atomic E-state index is 12.1. The first-order valence-electron chi connectivity index (χ1n) is 9.85. The Kier molecular flexibility index (Phi) is 11.4. The van der Waals surface area contributed by atoms with E-state index in [0.717, 1.165) is 25.3 Å². The number of aliphatic imine (C=N–C) groups is 1. The second-order valence-corrected chi connectivity index (χ2v) is 7.12. The molecule has 1 unspecified atom stereocenters. The van der Waals surface area contributed by atoms with Gasteiger partial charge < -0.3 is 19.7 Å². The van der Waals surface area contributed by atoms with Crippen molar-refractivity contribution >= 4 is 35.9 Å². The Bertz CT molecular complexity index is 637. The van der Waals surface area contributed by atoms with Crippen LogP contribution >= 0.6 is 24.0 Å². The van der Waals surface area contributed by atoms with Gasteiger partial charge in [-0.25, -0.2) is 0 Å². The summed E-state index contributed by atoms with van der Waals surface area (Å²) in [4.78, 5) is 18.6. The van der Waals surface area contributed by atoms with Gasteiger partial charge in [0.1, 0.15) is 0 Å². The second kappa shape index (κ2) is 13.0. The Balaban J connectivity index is 0.00000392. The van der Waals surface area contributed by atoms with E-state index in [1.165, 1.54) is 11.1 Å². The predicted molar refractivity (Wildman–Crippen MR) is 123 cm³/mol. The molecule has 1 aliphatic heterocycles. The predicted octanol–water partition coefficient (Wildman–Crippen LogP) is 3.58. The number of esters is 1. The van der Waals surface area contributed by atoms with Crippen LogP contribution < -0.4 is 5.32 Å². The van der Waals surface area contributed by atoms with Crippen LogP contribution in [0.2, 0.25) is 0 Å². The van der Waals surface area contributed by atoms with Gasteiger partial charge in [-0.1, -0.05) is 24.3 Å². The fourth-order valence-corrected chi connectivity index (χ4v) is 3.23. The smallest absolute Gasteiger partial charge is 0.310 e. The fourth-order valence-electron chi connectivity index (χ4n) is 3.23. The number of likely N-dealkylation sites (tertiary alicyclic amines) is 1. The van der Waals surface area contributed by atoms with Gasteiger partial charge in [0.2, 0.25) is 0 Å². The van der Waals surface area contributed by atoms with E-state index in [-0.39, 0.29) is 42.0 Å². The molecular formula is C21H34IN3O3. The van der Waals surface area contributed by atoms with Gasteiger partial charge >= 0.3 is 5.97 Å². The summed E-state index contributed by atoms with van der Waals surface area (Å²) in [7, 11) is 1.78. The van der Waals surface area contributed by atoms with Crippen LogP contribution in [0.5, 0.6) is 0 Å². The number of guanidine groups is 1. The Morgan fingerprint density at radius 2 is 2.11 bits per heavy atom. The van der Waals surface area contributed by atoms with Crippen molar-refractivity contribution in [1.29, 1.82) is 0 Å². The van der Waals surface area contributed by atoms with Crippen LogP contribution in [-0.4, -0.2) is 49.7 Å². The van der Waals surface area contributed by atoms with E-state index in [2.05, 4.69) is 39.5 Å². The minimum absolute atomic E-state index is 0. The van der Waals surface area contributed by atoms with E-state index in [1.54, 1.807) is 7.05 Å². The molecule has 1 saturated heterocycles. The molecule has 0 amide bonds. The number of ether oxygens (including phenoxy) is 2. The van der Waals surface area contributed by atoms with Gasteiger partial charge in [-0.2, -0.15) is 0 Å². The summed E-state index contributed by atoms with van der Waals surface area (Å²) in [6, 6.07) is 8.38. The molecule has 0 aliphatic carbocycles. The van der Waals surface area contributed by atoms with Crippen molar-refractivity contribution in [2.45, 2.75) is 52.9 Å². The average molecular weight is 503 g/mol. The first-order valence-corrected chi connectivity index (χ1v) is 9.85. The van der Waals surface area contributed by atoms with Crippen molar-refractivity contribution in [1.82, 2.24) is 10.2 Å². The SMILES string of the molecule is CCOC(=O)C1CCCN(C(=NC)NCc2cccc(COC(C)C)c2)C1.I. The Hall–Kier alpha value is -1.35. The van der Waals surface area contributed by atoms with Gasteiger partial charge in [-0.15, -0.1) is 24.0 Å². The molecule has 28 heavy (non-hydrogen) atoms. The summed E-state index contributed by atoms with van der Waals surface area (Å²) >= 11 is 0. The van der Waals surface area contributed by atoms with Gasteiger partial charge in [-0.3, -0.25) is 9.79 Å². The summed E-state index contributed by atoms with van der Waals surface area (Å²) in [5.41, 5.74) is 2.35. The molecule has 7 heteroatoms. The molecule has 6 nitrogen and oxygen atoms in total. The number of benzene rings is 1. The van der Waals surface area contributed by atoms with Crippen molar-refractivity contribution in [2.75, 3.05) is 26.7 Å². The number of halogens is 1. The molecule has 0 spiro atoms. The van der Waals surface area contributed by atoms with Crippen molar-refractivity contribution < 1.29 is 14.3 Å². The molecular weight excluding hydrogens is 469 g/mol. The Morgan fingerprint density at radius 1 is 1.36 bits per heavy atom. The van der Waals surface area contributed by atoms with Gasteiger partial charge in [-0.05, 0) is 44.7 Å². The zero-order valence-electron chi connectivity index (χ0n) is 17.4. The summed E-state index contributed by atoms with van der Waals surface area (Å²) in [6.07, 6.45) is 2.06. The normalized spacial score (nSPS) is 17.2. The van der Waals surface area contributed by atoms with Crippen LogP contribution in [0.1, 0.15) is 44.7 Å². The quantitative estimate of drug-likeness (QED) is 0.267. The van der Waals surface area contributed by atoms with E-state index < -0.39 is 0 Å². The molecule has 1 atom stereocenters. The van der Waals surface area contributed by atoms with Gasteiger partial charge in [0.05, 0.1) is 25.2 Å². The zero-order valence-corrected chi connectivity index (χ0v) is 19.8. The number of piperidine rings is 1. The van der Waals surface area contributed by atoms with E-state index in [4.69, 9.17) is 9.47 Å². The van der Waals surface area contributed by atoms with Crippen molar-refractivity contribution in [3.8, 4) is 0 Å². The molecule has 1 N–H and O–H groups in total. The number of carbonyl (C=O) groups excluding carboxylic acids is 1. The monoisotopic (exact) mass is 503 g/mol. The lowest BCUT2D eigenvalue weighted by molar-refractivity contribution is -0.149. The molecule has 158 valence electrons. The summed E-state index contributed by atoms with van der Waals surface area (Å²) in [5.74, 6) is 0.650. The minimum Gasteiger partial charge on any atom is -0.466 e. The molecule has 1 heterocycles. The van der Waals surface area contributed by atoms with Gasteiger partial charge in [0, 0.05) is 26.7 Å². The van der Waals surface area contributed by atoms with Crippen molar-refractivity contribution in [2.24, 2.45) is 10.9 Å². The summed E-state index contributed by atoms with van der Waals surface area (Å²) in [5, 5.41) is 3.42. The first-order chi connectivity index (χ1) is 13.0. The largest absolute Gasteiger partial charge is 0.466 e. The number of rotatable bonds is 7. The van der Waals surface area contributed by atoms with Gasteiger partial charge in [0.15, 0.2) is 5.96 Å². The lowest BCUT2D eigenvalue weighted by Crippen LogP contribution is -2.48. The molecule has 0 aromatic heterocycles. The van der Waals surface area contributed by atoms with E-state index in [9.17, 15) is 4.79 Å². The van der Waals surface area contributed by atoms with E-state index >= 15 is 0 Å². The van der Waals surface area contributed by atoms with Crippen LogP contribution in [0.3, 0.4) is 0 Å². The van der Waals surface area contributed by atoms with Gasteiger partial charge in [0.25, 0.3) is 0 Å². The molecule has 0 saturated carbocycles. The lowest BCUT2D eigenvalue weighted by Gasteiger charge is -2.34. The molecule has 1 fully saturated rings. The summed E-state index contributed by atoms with van der Waals surface area (Å²) < 4.78 is 10.9. The average Bonchev–Trinajstić information content (AvgIpc) is 2.67. The van der Waals surface area contributed by atoms with Crippen LogP contribution in [0.4, 0.5) is 0 Å². The Morgan fingerprint density at radius 3 is 2.79 bits per heavy atom. The highest BCUT2D eigenvalue weighted by atomic mass is 127. The standard InChI is InChI=1S/C21H33N3O3.HI/c1-5-26-20(25)19-10-7-11-24(14-19)21(22-4)23-13-17-8-6-9-18(12-17)15-27-16(2)3;/h6,8-9,12,16,19H,5,7,10-11,13-15H2,1-4H3,(H,22,23);1H. The Labute approximate surface area is 186 Å². The molecule has 2 rings (SSSR count). The lowest BCUT2D eigenvalue weighted by atomic mass is 9.98. The molecule has 1 aromatic carbocycles.